The molecule has 2 aromatic rings. The van der Waals surface area contributed by atoms with Crippen molar-refractivity contribution in [3.05, 3.63) is 34.9 Å². The quantitative estimate of drug-likeness (QED) is 0.709. The Kier molecular flexibility index (Phi) is 3.21. The summed E-state index contributed by atoms with van der Waals surface area (Å²) in [6, 6.07) is 6.39. The molecule has 0 saturated carbocycles. The molecule has 18 heavy (non-hydrogen) atoms. The van der Waals surface area contributed by atoms with Gasteiger partial charge in [-0.2, -0.15) is 0 Å². The van der Waals surface area contributed by atoms with Crippen LogP contribution >= 0.6 is 35.0 Å². The molecule has 1 aromatic carbocycles. The number of nitrogens with zero attached hydrogens (tertiary/aromatic N) is 1. The maximum atomic E-state index is 6.00. The van der Waals surface area contributed by atoms with Crippen LogP contribution in [0.25, 0.3) is 10.9 Å². The summed E-state index contributed by atoms with van der Waals surface area (Å²) in [4.78, 5) is 4.40. The molecule has 0 bridgehead atoms. The number of aryl methyl sites for hydroxylation is 2. The molecule has 3 rings (SSSR count). The van der Waals surface area contributed by atoms with E-state index < -0.39 is 0 Å². The van der Waals surface area contributed by atoms with E-state index in [9.17, 15) is 0 Å². The summed E-state index contributed by atoms with van der Waals surface area (Å²) in [6.07, 6.45) is 0.917. The van der Waals surface area contributed by atoms with Crippen LogP contribution in [0.15, 0.2) is 23.2 Å². The average Bonchev–Trinajstić information content (AvgIpc) is 2.75. The van der Waals surface area contributed by atoms with Crippen LogP contribution < -0.4 is 0 Å². The molecule has 0 aliphatic carbocycles. The summed E-state index contributed by atoms with van der Waals surface area (Å²) in [5.74, 6) is 0. The standard InChI is InChI=1S/C14H13Cl2NS/c1-7-3-4-11-9(5-7)8(2)10-6-12(13(15)16)18-14(10)17-11/h3-5,12-13H,6H2,1-2H3/t12-/m0/s1. The van der Waals surface area contributed by atoms with Gasteiger partial charge in [0.1, 0.15) is 9.86 Å². The Hall–Kier alpha value is -0.440. The first-order chi connectivity index (χ1) is 8.56. The van der Waals surface area contributed by atoms with Crippen molar-refractivity contribution < 1.29 is 0 Å². The summed E-state index contributed by atoms with van der Waals surface area (Å²) in [6.45, 7) is 4.28. The van der Waals surface area contributed by atoms with Crippen molar-refractivity contribution in [1.29, 1.82) is 0 Å². The third-order valence-electron chi connectivity index (χ3n) is 3.44. The molecule has 0 fully saturated rings. The van der Waals surface area contributed by atoms with E-state index in [0.717, 1.165) is 17.0 Å². The number of halogens is 2. The first-order valence-corrected chi connectivity index (χ1v) is 7.66. The molecule has 0 N–H and O–H groups in total. The van der Waals surface area contributed by atoms with Gasteiger partial charge in [0, 0.05) is 10.6 Å². The van der Waals surface area contributed by atoms with Crippen molar-refractivity contribution in [3.63, 3.8) is 0 Å². The first kappa shape index (κ1) is 12.6. The summed E-state index contributed by atoms with van der Waals surface area (Å²) < 4.78 is 0. The molecule has 0 amide bonds. The maximum absolute atomic E-state index is 6.00. The lowest BCUT2D eigenvalue weighted by atomic mass is 10.0. The van der Waals surface area contributed by atoms with Gasteiger partial charge in [0.15, 0.2) is 0 Å². The number of pyridine rings is 1. The molecule has 0 spiro atoms. The second kappa shape index (κ2) is 4.59. The summed E-state index contributed by atoms with van der Waals surface area (Å²) in [5.41, 5.74) is 4.96. The smallest absolute Gasteiger partial charge is 0.120 e. The maximum Gasteiger partial charge on any atom is 0.120 e. The molecule has 0 radical (unpaired) electrons. The lowest BCUT2D eigenvalue weighted by Crippen LogP contribution is -2.10. The van der Waals surface area contributed by atoms with E-state index in [4.69, 9.17) is 28.2 Å². The lowest BCUT2D eigenvalue weighted by Gasteiger charge is -2.08. The van der Waals surface area contributed by atoms with Crippen molar-refractivity contribution in [3.8, 4) is 0 Å². The van der Waals surface area contributed by atoms with E-state index >= 15 is 0 Å². The molecule has 0 unspecified atom stereocenters. The van der Waals surface area contributed by atoms with Crippen molar-refractivity contribution in [2.24, 2.45) is 0 Å². The van der Waals surface area contributed by atoms with Crippen molar-refractivity contribution >= 4 is 45.9 Å². The minimum atomic E-state index is -0.339. The fourth-order valence-electron chi connectivity index (χ4n) is 2.41. The molecule has 1 nitrogen and oxygen atoms in total. The number of thioether (sulfide) groups is 1. The van der Waals surface area contributed by atoms with Gasteiger partial charge in [0.25, 0.3) is 0 Å². The second-order valence-electron chi connectivity index (χ2n) is 4.74. The van der Waals surface area contributed by atoms with Gasteiger partial charge in [-0.1, -0.05) is 23.4 Å². The van der Waals surface area contributed by atoms with Gasteiger partial charge in [-0.15, -0.1) is 23.2 Å². The van der Waals surface area contributed by atoms with Gasteiger partial charge >= 0.3 is 0 Å². The molecular formula is C14H13Cl2NS. The first-order valence-electron chi connectivity index (χ1n) is 5.91. The van der Waals surface area contributed by atoms with Crippen LogP contribution in [0.1, 0.15) is 16.7 Å². The number of hydrogen-bond acceptors (Lipinski definition) is 2. The van der Waals surface area contributed by atoms with Gasteiger partial charge in [-0.05, 0) is 43.5 Å². The minimum absolute atomic E-state index is 0.229. The summed E-state index contributed by atoms with van der Waals surface area (Å²) >= 11 is 13.7. The number of aromatic nitrogens is 1. The van der Waals surface area contributed by atoms with Gasteiger partial charge in [0.2, 0.25) is 0 Å². The lowest BCUT2D eigenvalue weighted by molar-refractivity contribution is 0.915. The Morgan fingerprint density at radius 1 is 1.33 bits per heavy atom. The summed E-state index contributed by atoms with van der Waals surface area (Å²) in [7, 11) is 0. The number of hydrogen-bond donors (Lipinski definition) is 0. The van der Waals surface area contributed by atoms with E-state index in [1.165, 1.54) is 22.1 Å². The Bertz CT molecular complexity index is 625. The Morgan fingerprint density at radius 2 is 2.11 bits per heavy atom. The van der Waals surface area contributed by atoms with Crippen LogP contribution in [0.4, 0.5) is 0 Å². The third kappa shape index (κ3) is 2.01. The predicted molar refractivity (Wildman–Crippen MR) is 80.1 cm³/mol. The molecule has 0 saturated heterocycles. The average molecular weight is 298 g/mol. The largest absolute Gasteiger partial charge is 0.241 e. The van der Waals surface area contributed by atoms with E-state index in [1.807, 2.05) is 0 Å². The number of rotatable bonds is 1. The molecule has 4 heteroatoms. The van der Waals surface area contributed by atoms with Crippen LogP contribution in [-0.4, -0.2) is 15.1 Å². The zero-order valence-corrected chi connectivity index (χ0v) is 12.5. The van der Waals surface area contributed by atoms with E-state index in [1.54, 1.807) is 11.8 Å². The molecule has 2 heterocycles. The van der Waals surface area contributed by atoms with E-state index in [-0.39, 0.29) is 10.1 Å². The molecular weight excluding hydrogens is 285 g/mol. The highest BCUT2D eigenvalue weighted by Gasteiger charge is 2.30. The number of benzene rings is 1. The molecule has 1 aliphatic rings. The van der Waals surface area contributed by atoms with Gasteiger partial charge in [-0.25, -0.2) is 4.98 Å². The fourth-order valence-corrected chi connectivity index (χ4v) is 4.07. The summed E-state index contributed by atoms with van der Waals surface area (Å²) in [5, 5.41) is 2.57. The zero-order valence-electron chi connectivity index (χ0n) is 10.2. The monoisotopic (exact) mass is 297 g/mol. The van der Waals surface area contributed by atoms with Crippen LogP contribution in [0, 0.1) is 13.8 Å². The van der Waals surface area contributed by atoms with Gasteiger partial charge < -0.3 is 0 Å². The molecule has 1 aromatic heterocycles. The van der Waals surface area contributed by atoms with Crippen LogP contribution in [0.5, 0.6) is 0 Å². The SMILES string of the molecule is Cc1ccc2nc3c(c(C)c2c1)C[C@@H](C(Cl)Cl)S3. The van der Waals surface area contributed by atoms with E-state index in [0.29, 0.717) is 0 Å². The minimum Gasteiger partial charge on any atom is -0.241 e. The fraction of sp³-hybridized carbons (Fsp3) is 0.357. The Morgan fingerprint density at radius 3 is 2.83 bits per heavy atom. The highest BCUT2D eigenvalue weighted by atomic mass is 35.5. The molecule has 1 aliphatic heterocycles. The van der Waals surface area contributed by atoms with Crippen LogP contribution in [0.2, 0.25) is 0 Å². The van der Waals surface area contributed by atoms with E-state index in [2.05, 4.69) is 32.0 Å². The zero-order chi connectivity index (χ0) is 12.9. The van der Waals surface area contributed by atoms with Crippen molar-refractivity contribution in [2.45, 2.75) is 35.4 Å². The molecule has 1 atom stereocenters. The highest BCUT2D eigenvalue weighted by molar-refractivity contribution is 8.00. The van der Waals surface area contributed by atoms with Gasteiger partial charge in [-0.3, -0.25) is 0 Å². The van der Waals surface area contributed by atoms with Crippen LogP contribution in [0.3, 0.4) is 0 Å². The van der Waals surface area contributed by atoms with Gasteiger partial charge in [0.05, 0.1) is 5.52 Å². The predicted octanol–water partition coefficient (Wildman–Crippen LogP) is 4.67. The second-order valence-corrected chi connectivity index (χ2v) is 7.13. The Labute approximate surface area is 121 Å². The Balaban J connectivity index is 2.18. The molecule has 94 valence electrons. The number of fused-ring (bicyclic) bond motifs is 2. The van der Waals surface area contributed by atoms with Crippen molar-refractivity contribution in [1.82, 2.24) is 4.98 Å². The highest BCUT2D eigenvalue weighted by Crippen LogP contribution is 2.42. The normalized spacial score (nSPS) is 18.6. The third-order valence-corrected chi connectivity index (χ3v) is 5.65. The number of alkyl halides is 2. The topological polar surface area (TPSA) is 12.9 Å². The van der Waals surface area contributed by atoms with Crippen molar-refractivity contribution in [2.75, 3.05) is 0 Å². The van der Waals surface area contributed by atoms with Crippen LogP contribution in [-0.2, 0) is 6.42 Å².